The molecule has 0 radical (unpaired) electrons. The molecular formula is C19H17ClN2O2. The zero-order chi connectivity index (χ0) is 16.8. The van der Waals surface area contributed by atoms with Gasteiger partial charge in [0, 0.05) is 0 Å². The Labute approximate surface area is 144 Å². The standard InChI is InChI=1S/C19H17ClN2O2/c1-11-5-3-4-6-14(11)22-15-9-13(12-7-8-12)10-16(24-2)17(15)18(20)21-19(22)23/h3-6,9-10,12H,7-8H2,1-2H3. The highest BCUT2D eigenvalue weighted by Crippen LogP contribution is 2.44. The normalized spacial score (nSPS) is 14.1. The van der Waals surface area contributed by atoms with E-state index >= 15 is 0 Å². The average molecular weight is 341 g/mol. The number of benzene rings is 2. The van der Waals surface area contributed by atoms with Gasteiger partial charge in [0.05, 0.1) is 23.7 Å². The molecule has 0 N–H and O–H groups in total. The number of nitrogens with zero attached hydrogens (tertiary/aromatic N) is 2. The first-order valence-corrected chi connectivity index (χ1v) is 8.34. The van der Waals surface area contributed by atoms with Crippen LogP contribution < -0.4 is 10.4 Å². The van der Waals surface area contributed by atoms with E-state index in [9.17, 15) is 4.79 Å². The lowest BCUT2D eigenvalue weighted by Gasteiger charge is -2.16. The summed E-state index contributed by atoms with van der Waals surface area (Å²) in [5, 5.41) is 0.852. The Kier molecular flexibility index (Phi) is 3.57. The van der Waals surface area contributed by atoms with Crippen LogP contribution in [0.4, 0.5) is 0 Å². The van der Waals surface area contributed by atoms with Gasteiger partial charge in [0.25, 0.3) is 0 Å². The predicted octanol–water partition coefficient (Wildman–Crippen LogP) is 4.23. The molecule has 4 nitrogen and oxygen atoms in total. The molecule has 24 heavy (non-hydrogen) atoms. The van der Waals surface area contributed by atoms with E-state index in [-0.39, 0.29) is 10.8 Å². The number of hydrogen-bond acceptors (Lipinski definition) is 3. The van der Waals surface area contributed by atoms with Crippen molar-refractivity contribution in [1.82, 2.24) is 9.55 Å². The van der Waals surface area contributed by atoms with Gasteiger partial charge in [0.2, 0.25) is 0 Å². The molecule has 5 heteroatoms. The molecule has 1 aliphatic carbocycles. The van der Waals surface area contributed by atoms with Gasteiger partial charge in [0.15, 0.2) is 0 Å². The van der Waals surface area contributed by atoms with Crippen molar-refractivity contribution in [3.63, 3.8) is 0 Å². The summed E-state index contributed by atoms with van der Waals surface area (Å²) in [4.78, 5) is 16.6. The summed E-state index contributed by atoms with van der Waals surface area (Å²) in [5.74, 6) is 1.20. The molecule has 1 aromatic heterocycles. The number of ether oxygens (including phenoxy) is 1. The molecule has 2 aromatic carbocycles. The number of aryl methyl sites for hydroxylation is 1. The molecule has 0 spiro atoms. The van der Waals surface area contributed by atoms with E-state index in [4.69, 9.17) is 16.3 Å². The number of fused-ring (bicyclic) bond motifs is 1. The minimum absolute atomic E-state index is 0.180. The van der Waals surface area contributed by atoms with Crippen molar-refractivity contribution in [2.45, 2.75) is 25.7 Å². The molecule has 0 saturated heterocycles. The average Bonchev–Trinajstić information content (AvgIpc) is 3.40. The number of para-hydroxylation sites is 1. The molecular weight excluding hydrogens is 324 g/mol. The van der Waals surface area contributed by atoms with Crippen LogP contribution in [0.5, 0.6) is 5.75 Å². The van der Waals surface area contributed by atoms with Crippen molar-refractivity contribution in [2.75, 3.05) is 7.11 Å². The minimum Gasteiger partial charge on any atom is -0.496 e. The van der Waals surface area contributed by atoms with E-state index < -0.39 is 0 Å². The molecule has 4 rings (SSSR count). The van der Waals surface area contributed by atoms with Gasteiger partial charge in [-0.05, 0) is 55.0 Å². The molecule has 122 valence electrons. The van der Waals surface area contributed by atoms with Crippen LogP contribution in [-0.2, 0) is 0 Å². The maximum Gasteiger partial charge on any atom is 0.354 e. The van der Waals surface area contributed by atoms with E-state index in [2.05, 4.69) is 11.1 Å². The molecule has 1 heterocycles. The molecule has 1 aliphatic rings. The fraction of sp³-hybridized carbons (Fsp3) is 0.263. The second-order valence-corrected chi connectivity index (χ2v) is 6.56. The van der Waals surface area contributed by atoms with Crippen LogP contribution in [0, 0.1) is 6.92 Å². The summed E-state index contributed by atoms with van der Waals surface area (Å²) in [7, 11) is 1.62. The fourth-order valence-electron chi connectivity index (χ4n) is 3.16. The maximum absolute atomic E-state index is 12.6. The van der Waals surface area contributed by atoms with Gasteiger partial charge in [-0.3, -0.25) is 4.57 Å². The topological polar surface area (TPSA) is 44.1 Å². The van der Waals surface area contributed by atoms with Gasteiger partial charge in [-0.2, -0.15) is 4.98 Å². The quantitative estimate of drug-likeness (QED) is 0.670. The van der Waals surface area contributed by atoms with Crippen molar-refractivity contribution in [3.05, 3.63) is 63.2 Å². The highest BCUT2D eigenvalue weighted by molar-refractivity contribution is 6.34. The van der Waals surface area contributed by atoms with Crippen LogP contribution in [0.1, 0.15) is 29.9 Å². The number of aromatic nitrogens is 2. The third-order valence-corrected chi connectivity index (χ3v) is 4.83. The van der Waals surface area contributed by atoms with Gasteiger partial charge >= 0.3 is 5.69 Å². The molecule has 0 unspecified atom stereocenters. The summed E-state index contributed by atoms with van der Waals surface area (Å²) in [5.41, 5.74) is 3.36. The van der Waals surface area contributed by atoms with Crippen LogP contribution in [0.3, 0.4) is 0 Å². The van der Waals surface area contributed by atoms with E-state index in [0.717, 1.165) is 16.8 Å². The summed E-state index contributed by atoms with van der Waals surface area (Å²) >= 11 is 6.29. The van der Waals surface area contributed by atoms with E-state index in [1.165, 1.54) is 18.4 Å². The van der Waals surface area contributed by atoms with Gasteiger partial charge in [-0.1, -0.05) is 29.8 Å². The van der Waals surface area contributed by atoms with Gasteiger partial charge in [-0.25, -0.2) is 4.79 Å². The van der Waals surface area contributed by atoms with Crippen molar-refractivity contribution in [2.24, 2.45) is 0 Å². The molecule has 0 amide bonds. The highest BCUT2D eigenvalue weighted by atomic mass is 35.5. The second kappa shape index (κ2) is 5.64. The van der Waals surface area contributed by atoms with Crippen LogP contribution in [0.2, 0.25) is 5.15 Å². The summed E-state index contributed by atoms with van der Waals surface area (Å²) in [6.45, 7) is 1.98. The van der Waals surface area contributed by atoms with Crippen molar-refractivity contribution in [3.8, 4) is 11.4 Å². The Balaban J connectivity index is 2.15. The monoisotopic (exact) mass is 340 g/mol. The zero-order valence-electron chi connectivity index (χ0n) is 13.5. The predicted molar refractivity (Wildman–Crippen MR) is 95.6 cm³/mol. The Morgan fingerprint density at radius 1 is 1.25 bits per heavy atom. The largest absolute Gasteiger partial charge is 0.496 e. The number of halogens is 1. The first-order valence-electron chi connectivity index (χ1n) is 7.96. The third kappa shape index (κ3) is 2.38. The molecule has 0 bridgehead atoms. The summed E-state index contributed by atoms with van der Waals surface area (Å²) in [6, 6.07) is 11.8. The number of rotatable bonds is 3. The summed E-state index contributed by atoms with van der Waals surface area (Å²) in [6.07, 6.45) is 2.34. The van der Waals surface area contributed by atoms with Crippen LogP contribution in [-0.4, -0.2) is 16.7 Å². The molecule has 0 atom stereocenters. The summed E-state index contributed by atoms with van der Waals surface area (Å²) < 4.78 is 7.18. The molecule has 1 fully saturated rings. The van der Waals surface area contributed by atoms with Gasteiger partial charge in [-0.15, -0.1) is 0 Å². The number of hydrogen-bond donors (Lipinski definition) is 0. The Hall–Kier alpha value is -2.33. The van der Waals surface area contributed by atoms with Gasteiger partial charge < -0.3 is 4.74 Å². The Morgan fingerprint density at radius 2 is 2.00 bits per heavy atom. The van der Waals surface area contributed by atoms with Crippen molar-refractivity contribution >= 4 is 22.5 Å². The van der Waals surface area contributed by atoms with Crippen molar-refractivity contribution in [1.29, 1.82) is 0 Å². The van der Waals surface area contributed by atoms with Crippen molar-refractivity contribution < 1.29 is 4.74 Å². The lowest BCUT2D eigenvalue weighted by molar-refractivity contribution is 0.419. The fourth-order valence-corrected chi connectivity index (χ4v) is 3.42. The van der Waals surface area contributed by atoms with E-state index in [1.54, 1.807) is 11.7 Å². The van der Waals surface area contributed by atoms with E-state index in [0.29, 0.717) is 17.1 Å². The molecule has 3 aromatic rings. The van der Waals surface area contributed by atoms with E-state index in [1.807, 2.05) is 37.3 Å². The zero-order valence-corrected chi connectivity index (χ0v) is 14.3. The molecule has 0 aliphatic heterocycles. The molecule has 1 saturated carbocycles. The lowest BCUT2D eigenvalue weighted by Crippen LogP contribution is -2.23. The SMILES string of the molecule is COc1cc(C2CC2)cc2c1c(Cl)nc(=O)n2-c1ccccc1C. The Morgan fingerprint density at radius 3 is 2.67 bits per heavy atom. The van der Waals surface area contributed by atoms with Crippen LogP contribution >= 0.6 is 11.6 Å². The first-order chi connectivity index (χ1) is 11.6. The lowest BCUT2D eigenvalue weighted by atomic mass is 10.1. The maximum atomic E-state index is 12.6. The van der Waals surface area contributed by atoms with Crippen LogP contribution in [0.15, 0.2) is 41.2 Å². The second-order valence-electron chi connectivity index (χ2n) is 6.20. The minimum atomic E-state index is -0.378. The first kappa shape index (κ1) is 15.2. The third-order valence-electron chi connectivity index (χ3n) is 4.56. The smallest absolute Gasteiger partial charge is 0.354 e. The van der Waals surface area contributed by atoms with Gasteiger partial charge in [0.1, 0.15) is 10.9 Å². The van der Waals surface area contributed by atoms with Crippen LogP contribution in [0.25, 0.3) is 16.6 Å². The number of methoxy groups -OCH3 is 1. The highest BCUT2D eigenvalue weighted by Gasteiger charge is 2.26. The Bertz CT molecular complexity index is 1010.